The smallest absolute Gasteiger partial charge is 0.224 e. The third-order valence-electron chi connectivity index (χ3n) is 4.07. The van der Waals surface area contributed by atoms with Gasteiger partial charge in [-0.15, -0.1) is 0 Å². The van der Waals surface area contributed by atoms with E-state index in [0.29, 0.717) is 24.3 Å². The molecule has 0 spiro atoms. The molecule has 6 heteroatoms. The highest BCUT2D eigenvalue weighted by Crippen LogP contribution is 2.27. The molecule has 0 aliphatic carbocycles. The summed E-state index contributed by atoms with van der Waals surface area (Å²) in [6.45, 7) is 7.43. The zero-order chi connectivity index (χ0) is 14.1. The van der Waals surface area contributed by atoms with Crippen molar-refractivity contribution < 1.29 is 4.79 Å². The molecule has 2 fully saturated rings. The van der Waals surface area contributed by atoms with E-state index < -0.39 is 0 Å². The van der Waals surface area contributed by atoms with E-state index in [4.69, 9.17) is 0 Å². The first-order valence-electron chi connectivity index (χ1n) is 7.31. The van der Waals surface area contributed by atoms with Gasteiger partial charge < -0.3 is 15.1 Å². The van der Waals surface area contributed by atoms with E-state index in [0.717, 1.165) is 44.0 Å². The summed E-state index contributed by atoms with van der Waals surface area (Å²) < 4.78 is 0. The Kier molecular flexibility index (Phi) is 3.46. The molecule has 0 radical (unpaired) electrons. The van der Waals surface area contributed by atoms with Crippen molar-refractivity contribution in [3.63, 3.8) is 0 Å². The van der Waals surface area contributed by atoms with Crippen LogP contribution in [0.1, 0.15) is 25.3 Å². The van der Waals surface area contributed by atoms with Gasteiger partial charge in [-0.3, -0.25) is 4.79 Å². The Morgan fingerprint density at radius 2 is 2.30 bits per heavy atom. The van der Waals surface area contributed by atoms with Gasteiger partial charge in [-0.25, -0.2) is 4.98 Å². The fourth-order valence-electron chi connectivity index (χ4n) is 3.05. The molecule has 0 bridgehead atoms. The van der Waals surface area contributed by atoms with Gasteiger partial charge in [0.15, 0.2) is 0 Å². The number of amides is 1. The molecule has 2 aliphatic heterocycles. The summed E-state index contributed by atoms with van der Waals surface area (Å²) in [6.07, 6.45) is 3.54. The molecule has 1 amide bonds. The van der Waals surface area contributed by atoms with Crippen LogP contribution < -0.4 is 10.2 Å². The normalized spacial score (nSPS) is 22.1. The zero-order valence-corrected chi connectivity index (χ0v) is 12.1. The number of hydrogen-bond donors (Lipinski definition) is 1. The number of carbonyl (C=O) groups excluding carboxylic acids is 1. The molecule has 3 rings (SSSR count). The first kappa shape index (κ1) is 13.1. The van der Waals surface area contributed by atoms with Crippen molar-refractivity contribution in [2.45, 2.75) is 32.7 Å². The number of rotatable bonds is 3. The van der Waals surface area contributed by atoms with E-state index in [1.807, 2.05) is 24.9 Å². The molecule has 1 N–H and O–H groups in total. The molecule has 6 nitrogen and oxygen atoms in total. The molecule has 1 aromatic heterocycles. The Morgan fingerprint density at radius 1 is 1.45 bits per heavy atom. The van der Waals surface area contributed by atoms with Crippen molar-refractivity contribution in [3.05, 3.63) is 11.8 Å². The lowest BCUT2D eigenvalue weighted by Gasteiger charge is -2.38. The van der Waals surface area contributed by atoms with Gasteiger partial charge in [-0.1, -0.05) is 0 Å². The third kappa shape index (κ3) is 2.30. The standard InChI is InChI=1S/C14H21N5O/c1-3-15-14-16-8-10(2)13(17-14)18-6-7-19-11(9-18)4-5-12(19)20/h8,11H,3-7,9H2,1-2H3,(H,15,16,17). The molecular formula is C14H21N5O. The fraction of sp³-hybridized carbons (Fsp3) is 0.643. The minimum atomic E-state index is 0.308. The lowest BCUT2D eigenvalue weighted by Crippen LogP contribution is -2.52. The maximum Gasteiger partial charge on any atom is 0.224 e. The first-order valence-corrected chi connectivity index (χ1v) is 7.31. The van der Waals surface area contributed by atoms with Gasteiger partial charge in [0.05, 0.1) is 0 Å². The summed E-state index contributed by atoms with van der Waals surface area (Å²) in [4.78, 5) is 25.0. The summed E-state index contributed by atoms with van der Waals surface area (Å²) in [5.74, 6) is 1.98. The monoisotopic (exact) mass is 275 g/mol. The molecular weight excluding hydrogens is 254 g/mol. The van der Waals surface area contributed by atoms with Crippen LogP contribution in [0.2, 0.25) is 0 Å². The number of carbonyl (C=O) groups is 1. The number of aryl methyl sites for hydroxylation is 1. The first-order chi connectivity index (χ1) is 9.69. The summed E-state index contributed by atoms with van der Waals surface area (Å²) in [5, 5.41) is 3.15. The van der Waals surface area contributed by atoms with Gasteiger partial charge in [-0.2, -0.15) is 4.98 Å². The van der Waals surface area contributed by atoms with Crippen molar-refractivity contribution in [1.29, 1.82) is 0 Å². The van der Waals surface area contributed by atoms with Gasteiger partial charge in [-0.05, 0) is 20.3 Å². The lowest BCUT2D eigenvalue weighted by molar-refractivity contribution is -0.129. The van der Waals surface area contributed by atoms with Gasteiger partial charge in [0.2, 0.25) is 11.9 Å². The largest absolute Gasteiger partial charge is 0.354 e. The second-order valence-electron chi connectivity index (χ2n) is 5.46. The molecule has 1 unspecified atom stereocenters. The van der Waals surface area contributed by atoms with Crippen LogP contribution in [-0.2, 0) is 4.79 Å². The van der Waals surface area contributed by atoms with Crippen molar-refractivity contribution >= 4 is 17.7 Å². The Balaban J connectivity index is 1.79. The number of fused-ring (bicyclic) bond motifs is 1. The molecule has 3 heterocycles. The summed E-state index contributed by atoms with van der Waals surface area (Å²) in [7, 11) is 0. The quantitative estimate of drug-likeness (QED) is 0.892. The maximum absolute atomic E-state index is 11.7. The van der Waals surface area contributed by atoms with Crippen LogP contribution in [0.25, 0.3) is 0 Å². The summed E-state index contributed by atoms with van der Waals surface area (Å²) in [5.41, 5.74) is 1.09. The fourth-order valence-corrected chi connectivity index (χ4v) is 3.05. The number of nitrogens with one attached hydrogen (secondary N) is 1. The molecule has 108 valence electrons. The van der Waals surface area contributed by atoms with Crippen LogP contribution in [0.5, 0.6) is 0 Å². The number of hydrogen-bond acceptors (Lipinski definition) is 5. The molecule has 0 saturated carbocycles. The van der Waals surface area contributed by atoms with Crippen LogP contribution in [-0.4, -0.2) is 53.0 Å². The minimum Gasteiger partial charge on any atom is -0.354 e. The van der Waals surface area contributed by atoms with E-state index in [1.54, 1.807) is 0 Å². The molecule has 20 heavy (non-hydrogen) atoms. The zero-order valence-electron chi connectivity index (χ0n) is 12.1. The van der Waals surface area contributed by atoms with E-state index in [2.05, 4.69) is 20.2 Å². The molecule has 2 aliphatic rings. The van der Waals surface area contributed by atoms with E-state index in [1.165, 1.54) is 0 Å². The van der Waals surface area contributed by atoms with Crippen LogP contribution in [0.4, 0.5) is 11.8 Å². The predicted octanol–water partition coefficient (Wildman–Crippen LogP) is 1.03. The Bertz CT molecular complexity index is 518. The van der Waals surface area contributed by atoms with Gasteiger partial charge >= 0.3 is 0 Å². The molecule has 2 saturated heterocycles. The van der Waals surface area contributed by atoms with Gasteiger partial charge in [0.1, 0.15) is 5.82 Å². The van der Waals surface area contributed by atoms with E-state index in [-0.39, 0.29) is 0 Å². The van der Waals surface area contributed by atoms with Crippen molar-refractivity contribution in [1.82, 2.24) is 14.9 Å². The Labute approximate surface area is 119 Å². The Morgan fingerprint density at radius 3 is 3.10 bits per heavy atom. The van der Waals surface area contributed by atoms with Gasteiger partial charge in [0.25, 0.3) is 0 Å². The maximum atomic E-state index is 11.7. The highest BCUT2D eigenvalue weighted by Gasteiger charge is 2.36. The summed E-state index contributed by atoms with van der Waals surface area (Å²) >= 11 is 0. The van der Waals surface area contributed by atoms with Crippen LogP contribution in [0.15, 0.2) is 6.20 Å². The highest BCUT2D eigenvalue weighted by molar-refractivity contribution is 5.79. The minimum absolute atomic E-state index is 0.308. The van der Waals surface area contributed by atoms with Crippen LogP contribution >= 0.6 is 0 Å². The number of anilines is 2. The topological polar surface area (TPSA) is 61.4 Å². The van der Waals surface area contributed by atoms with Crippen LogP contribution in [0.3, 0.4) is 0 Å². The van der Waals surface area contributed by atoms with E-state index in [9.17, 15) is 4.79 Å². The van der Waals surface area contributed by atoms with Crippen molar-refractivity contribution in [2.24, 2.45) is 0 Å². The molecule has 1 aromatic rings. The second-order valence-corrected chi connectivity index (χ2v) is 5.46. The second kappa shape index (κ2) is 5.26. The van der Waals surface area contributed by atoms with Crippen molar-refractivity contribution in [3.8, 4) is 0 Å². The highest BCUT2D eigenvalue weighted by atomic mass is 16.2. The summed E-state index contributed by atoms with van der Waals surface area (Å²) in [6, 6.07) is 0.355. The predicted molar refractivity (Wildman–Crippen MR) is 77.9 cm³/mol. The van der Waals surface area contributed by atoms with Crippen molar-refractivity contribution in [2.75, 3.05) is 36.4 Å². The Hall–Kier alpha value is -1.85. The average Bonchev–Trinajstić information content (AvgIpc) is 2.82. The SMILES string of the molecule is CCNc1ncc(C)c(N2CCN3C(=O)CCC3C2)n1. The van der Waals surface area contributed by atoms with Gasteiger partial charge in [0, 0.05) is 50.4 Å². The number of piperazine rings is 1. The molecule has 0 aromatic carbocycles. The molecule has 1 atom stereocenters. The van der Waals surface area contributed by atoms with Crippen LogP contribution in [0, 0.1) is 6.92 Å². The lowest BCUT2D eigenvalue weighted by atomic mass is 10.1. The number of nitrogens with zero attached hydrogens (tertiary/aromatic N) is 4. The third-order valence-corrected chi connectivity index (χ3v) is 4.07. The average molecular weight is 275 g/mol. The number of aromatic nitrogens is 2. The van der Waals surface area contributed by atoms with E-state index >= 15 is 0 Å².